The number of fused-ring (bicyclic) bond motifs is 4. The fourth-order valence-corrected chi connectivity index (χ4v) is 5.53. The second-order valence-corrected chi connectivity index (χ2v) is 11.0. The molecule has 0 atom stereocenters. The molecule has 1 N–H and O–H groups in total. The molecule has 1 fully saturated rings. The predicted octanol–water partition coefficient (Wildman–Crippen LogP) is 3.43. The van der Waals surface area contributed by atoms with Gasteiger partial charge in [-0.2, -0.15) is 0 Å². The number of pyridine rings is 1. The molecule has 0 saturated heterocycles. The summed E-state index contributed by atoms with van der Waals surface area (Å²) < 4.78 is 9.61. The third-order valence-electron chi connectivity index (χ3n) is 6.31. The van der Waals surface area contributed by atoms with Gasteiger partial charge in [-0.15, -0.1) is 0 Å². The van der Waals surface area contributed by atoms with Crippen molar-refractivity contribution < 1.29 is 14.3 Å². The summed E-state index contributed by atoms with van der Waals surface area (Å²) in [6, 6.07) is 7.86. The summed E-state index contributed by atoms with van der Waals surface area (Å²) in [6.07, 6.45) is 8.95. The molecule has 3 aromatic rings. The van der Waals surface area contributed by atoms with E-state index in [1.807, 2.05) is 6.07 Å². The molecule has 2 aliphatic rings. The average Bonchev–Trinajstić information content (AvgIpc) is 3.18. The van der Waals surface area contributed by atoms with Gasteiger partial charge in [0.05, 0.1) is 0 Å². The van der Waals surface area contributed by atoms with E-state index in [1.54, 1.807) is 18.7 Å². The molecule has 7 heteroatoms. The normalized spacial score (nSPS) is 16.0. The fraction of sp³-hybridized carbons (Fsp3) is 0.273. The molecule has 0 unspecified atom stereocenters. The Morgan fingerprint density at radius 3 is 2.66 bits per heavy atom. The number of carboxylic acids is 1. The number of furan rings is 1. The van der Waals surface area contributed by atoms with E-state index in [2.05, 4.69) is 26.5 Å². The van der Waals surface area contributed by atoms with Gasteiger partial charge < -0.3 is 0 Å². The van der Waals surface area contributed by atoms with Gasteiger partial charge in [-0.05, 0) is 0 Å². The van der Waals surface area contributed by atoms with E-state index in [-0.39, 0.29) is 11.1 Å². The second-order valence-electron chi connectivity index (χ2n) is 8.02. The Morgan fingerprint density at radius 1 is 1.28 bits per heavy atom. The summed E-state index contributed by atoms with van der Waals surface area (Å²) in [4.78, 5) is 24.1. The van der Waals surface area contributed by atoms with Gasteiger partial charge in [0, 0.05) is 0 Å². The van der Waals surface area contributed by atoms with Crippen molar-refractivity contribution in [1.29, 1.82) is 0 Å². The summed E-state index contributed by atoms with van der Waals surface area (Å²) in [5, 5.41) is 9.46. The Labute approximate surface area is 183 Å². The Kier molecular flexibility index (Phi) is 4.23. The number of hydrogen-bond acceptors (Lipinski definition) is 4. The maximum absolute atomic E-state index is 12.5. The first-order valence-electron chi connectivity index (χ1n) is 9.58. The van der Waals surface area contributed by atoms with Crippen molar-refractivity contribution in [3.05, 3.63) is 64.3 Å². The minimum absolute atomic E-state index is 0.135. The monoisotopic (exact) mass is 580 g/mol. The van der Waals surface area contributed by atoms with Crippen LogP contribution in [0.5, 0.6) is 0 Å². The maximum atomic E-state index is 12.5. The second kappa shape index (κ2) is 6.58. The topological polar surface area (TPSA) is 75.7 Å². The summed E-state index contributed by atoms with van der Waals surface area (Å²) >= 11 is 0.613. The number of aromatic carboxylic acids is 1. The van der Waals surface area contributed by atoms with Gasteiger partial charge in [-0.3, -0.25) is 0 Å². The van der Waals surface area contributed by atoms with E-state index in [4.69, 9.17) is 4.42 Å². The van der Waals surface area contributed by atoms with E-state index in [0.717, 1.165) is 53.8 Å². The molecular formula is C22H19N2O4Tl. The van der Waals surface area contributed by atoms with Crippen LogP contribution in [0.3, 0.4) is 0 Å². The van der Waals surface area contributed by atoms with E-state index >= 15 is 0 Å². The van der Waals surface area contributed by atoms with Crippen LogP contribution in [0.1, 0.15) is 35.2 Å². The summed E-state index contributed by atoms with van der Waals surface area (Å²) in [5.41, 5.74) is 5.60. The molecule has 1 saturated carbocycles. The van der Waals surface area contributed by atoms with E-state index in [9.17, 15) is 14.7 Å². The Morgan fingerprint density at radius 2 is 2.07 bits per heavy atom. The van der Waals surface area contributed by atoms with Crippen LogP contribution in [0, 0.1) is 0 Å². The minimum atomic E-state index is -1.16. The van der Waals surface area contributed by atoms with Crippen molar-refractivity contribution in [3.63, 3.8) is 0 Å². The molecule has 0 amide bonds. The van der Waals surface area contributed by atoms with Crippen LogP contribution in [-0.2, 0) is 12.0 Å². The van der Waals surface area contributed by atoms with Gasteiger partial charge >= 0.3 is 184 Å². The Bertz CT molecular complexity index is 1190. The molecule has 0 radical (unpaired) electrons. The van der Waals surface area contributed by atoms with Crippen molar-refractivity contribution in [2.24, 2.45) is 0 Å². The zero-order valence-corrected chi connectivity index (χ0v) is 20.5. The van der Waals surface area contributed by atoms with Crippen molar-refractivity contribution in [2.45, 2.75) is 31.2 Å². The summed E-state index contributed by atoms with van der Waals surface area (Å²) in [5.74, 6) is -1.16. The molecule has 2 aromatic heterocycles. The molecule has 1 aromatic carbocycles. The molecular weight excluding hydrogens is 561 g/mol. The van der Waals surface area contributed by atoms with Crippen LogP contribution < -0.4 is 8.14 Å². The number of rotatable bonds is 3. The molecule has 0 bridgehead atoms. The van der Waals surface area contributed by atoms with Crippen molar-refractivity contribution in [2.75, 3.05) is 9.76 Å². The molecule has 1 spiro atoms. The van der Waals surface area contributed by atoms with Gasteiger partial charge in [-0.25, -0.2) is 0 Å². The number of aromatic nitrogens is 1. The first-order chi connectivity index (χ1) is 13.9. The van der Waals surface area contributed by atoms with Crippen LogP contribution in [0.2, 0.25) is 0 Å². The van der Waals surface area contributed by atoms with Gasteiger partial charge in [0.15, 0.2) is 0 Å². The summed E-state index contributed by atoms with van der Waals surface area (Å²) in [6.45, 7) is 0. The van der Waals surface area contributed by atoms with Crippen LogP contribution in [-0.4, -0.2) is 48.8 Å². The number of nitrogens with zero attached hydrogens (tertiary/aromatic N) is 2. The van der Waals surface area contributed by atoms with Gasteiger partial charge in [0.25, 0.3) is 0 Å². The van der Waals surface area contributed by atoms with Crippen LogP contribution >= 0.6 is 0 Å². The van der Waals surface area contributed by atoms with Gasteiger partial charge in [0.2, 0.25) is 0 Å². The average molecular weight is 580 g/mol. The molecule has 144 valence electrons. The standard InChI is InChI=1S/C22H19N2O4.Tl/c1-23-18-8-16-14(7-15(18)13-3-6-28-12-13)10-22(4-2-5-22)24-11-17(21(26)27)20(25)9-19(16)24;/h3,6-9,11-12H,2,4-5,10H2,1H3,(H,26,27);/q-1;+1. The molecule has 3 heterocycles. The third kappa shape index (κ3) is 2.79. The van der Waals surface area contributed by atoms with Crippen LogP contribution in [0.25, 0.3) is 22.4 Å². The van der Waals surface area contributed by atoms with Gasteiger partial charge in [0.1, 0.15) is 0 Å². The third-order valence-corrected chi connectivity index (χ3v) is 7.39. The van der Waals surface area contributed by atoms with Crippen LogP contribution in [0.15, 0.2) is 52.2 Å². The quantitative estimate of drug-likeness (QED) is 0.482. The zero-order chi connectivity index (χ0) is 20.3. The van der Waals surface area contributed by atoms with E-state index in [0.29, 0.717) is 26.1 Å². The van der Waals surface area contributed by atoms with Crippen molar-refractivity contribution in [1.82, 2.24) is 4.57 Å². The molecule has 29 heavy (non-hydrogen) atoms. The van der Waals surface area contributed by atoms with E-state index in [1.165, 1.54) is 11.6 Å². The summed E-state index contributed by atoms with van der Waals surface area (Å²) in [7, 11) is 2.06. The number of hydrogen-bond donors (Lipinski definition) is 1. The van der Waals surface area contributed by atoms with Crippen molar-refractivity contribution >= 4 is 37.7 Å². The van der Waals surface area contributed by atoms with Crippen molar-refractivity contribution in [3.8, 4) is 22.4 Å². The molecule has 1 aliphatic carbocycles. The number of carbonyl (C=O) groups is 1. The first kappa shape index (κ1) is 18.7. The number of benzene rings is 1. The van der Waals surface area contributed by atoms with Gasteiger partial charge in [-0.1, -0.05) is 0 Å². The SMILES string of the molecule is C[N]([Tl])c1cc2c(cc1-c1ccoc1)CC1(CCC1)n1cc(C(=O)O)c(=O)cc1-2. The van der Waals surface area contributed by atoms with Crippen LogP contribution in [0.4, 0.5) is 5.69 Å². The Balaban J connectivity index is 1.79. The molecule has 5 rings (SSSR count). The fourth-order valence-electron chi connectivity index (χ4n) is 4.70. The first-order valence-corrected chi connectivity index (χ1v) is 11.6. The molecule has 1 aliphatic heterocycles. The zero-order valence-electron chi connectivity index (χ0n) is 16.0. The molecule has 6 nitrogen and oxygen atoms in total. The van der Waals surface area contributed by atoms with E-state index < -0.39 is 11.4 Å². The predicted molar refractivity (Wildman–Crippen MR) is 110 cm³/mol. The Hall–Kier alpha value is -2.36. The number of carboxylic acid groups (broad SMARTS) is 1. The number of anilines is 1.